The van der Waals surface area contributed by atoms with Crippen LogP contribution in [0.5, 0.6) is 23.0 Å². The van der Waals surface area contributed by atoms with Crippen molar-refractivity contribution in [3.05, 3.63) is 107 Å². The van der Waals surface area contributed by atoms with Gasteiger partial charge in [-0.15, -0.1) is 0 Å². The number of imidazole rings is 2. The number of aromatic nitrogens is 4. The molecule has 2 heterocycles. The Hall–Kier alpha value is -6.04. The Morgan fingerprint density at radius 1 is 0.550 bits per heavy atom. The molecule has 4 aromatic carbocycles. The van der Waals surface area contributed by atoms with Crippen LogP contribution in [0.4, 0.5) is 0 Å². The largest absolute Gasteiger partial charge is 0.497 e. The Bertz CT molecular complexity index is 2360. The van der Waals surface area contributed by atoms with E-state index in [0.29, 0.717) is 46.0 Å². The molecular formula is C48H58N6O6. The van der Waals surface area contributed by atoms with E-state index in [1.165, 1.54) is 16.6 Å². The number of ether oxygens (including phenoxy) is 4. The average Bonchev–Trinajstić information content (AvgIpc) is 3.77. The van der Waals surface area contributed by atoms with E-state index in [1.807, 2.05) is 0 Å². The van der Waals surface area contributed by atoms with E-state index in [-0.39, 0.29) is 23.9 Å². The molecule has 0 saturated heterocycles. The van der Waals surface area contributed by atoms with Crippen LogP contribution < -0.4 is 29.6 Å². The van der Waals surface area contributed by atoms with Crippen molar-refractivity contribution >= 4 is 33.9 Å². The van der Waals surface area contributed by atoms with Crippen molar-refractivity contribution in [2.75, 3.05) is 28.4 Å². The first-order valence-corrected chi connectivity index (χ1v) is 20.9. The number of benzene rings is 4. The van der Waals surface area contributed by atoms with Crippen LogP contribution in [0.2, 0.25) is 0 Å². The van der Waals surface area contributed by atoms with E-state index in [9.17, 15) is 9.59 Å². The first-order valence-electron chi connectivity index (χ1n) is 20.9. The quantitative estimate of drug-likeness (QED) is 0.141. The van der Waals surface area contributed by atoms with Crippen LogP contribution in [0, 0.1) is 13.8 Å². The van der Waals surface area contributed by atoms with Gasteiger partial charge >= 0.3 is 0 Å². The van der Waals surface area contributed by atoms with Crippen LogP contribution in [0.1, 0.15) is 107 Å². The molecule has 0 radical (unpaired) electrons. The smallest absolute Gasteiger partial charge is 0.251 e. The standard InChI is InChI=1S/2C24H29N3O3/c1-15-8-9-22-21(10-15)26-23(27(22)2)16-6-5-7-18(11-16)25-24(28)17-12-19(29-3)14-20(13-17)30-4;1-15-8-9-21-22(10-15)27(2)23(26-21)16-6-5-7-18(11-16)25-24(28)17-12-19(29-3)14-20(13-17)30-4/h2*8-10,12-14,16,18H,5-7,11H2,1-4H3,(H,25,28). The lowest BCUT2D eigenvalue weighted by atomic mass is 9.85. The molecule has 2 aliphatic carbocycles. The lowest BCUT2D eigenvalue weighted by molar-refractivity contribution is 0.0915. The number of carbonyl (C=O) groups excluding carboxylic acids is 2. The van der Waals surface area contributed by atoms with Gasteiger partial charge in [0.25, 0.3) is 11.8 Å². The third kappa shape index (κ3) is 9.38. The number of aryl methyl sites for hydroxylation is 4. The lowest BCUT2D eigenvalue weighted by Crippen LogP contribution is -2.38. The number of amides is 2. The Kier molecular flexibility index (Phi) is 13.0. The fraction of sp³-hybridized carbons (Fsp3) is 0.417. The maximum absolute atomic E-state index is 12.9. The predicted octanol–water partition coefficient (Wildman–Crippen LogP) is 8.71. The Labute approximate surface area is 352 Å². The minimum absolute atomic E-state index is 0.0986. The molecule has 316 valence electrons. The highest BCUT2D eigenvalue weighted by Gasteiger charge is 2.30. The Morgan fingerprint density at radius 2 is 0.983 bits per heavy atom. The number of hydrogen-bond acceptors (Lipinski definition) is 8. The number of hydrogen-bond donors (Lipinski definition) is 2. The highest BCUT2D eigenvalue weighted by atomic mass is 16.5. The summed E-state index contributed by atoms with van der Waals surface area (Å²) in [6.45, 7) is 4.19. The maximum atomic E-state index is 12.9. The average molecular weight is 815 g/mol. The molecule has 0 aliphatic heterocycles. The normalized spacial score (nSPS) is 18.9. The van der Waals surface area contributed by atoms with Gasteiger partial charge in [-0.3, -0.25) is 9.59 Å². The SMILES string of the molecule is COc1cc(OC)cc(C(=O)NC2CCCC(c3nc4cc(C)ccc4n3C)C2)c1.COc1cc(OC)cc(C(=O)NC2CCCC(c3nc4ccc(C)cc4n3C)C2)c1. The monoisotopic (exact) mass is 814 g/mol. The molecule has 12 nitrogen and oxygen atoms in total. The molecule has 60 heavy (non-hydrogen) atoms. The van der Waals surface area contributed by atoms with Crippen molar-refractivity contribution < 1.29 is 28.5 Å². The van der Waals surface area contributed by atoms with E-state index >= 15 is 0 Å². The molecule has 2 saturated carbocycles. The van der Waals surface area contributed by atoms with Gasteiger partial charge in [0, 0.05) is 61.3 Å². The summed E-state index contributed by atoms with van der Waals surface area (Å²) in [5, 5.41) is 6.43. The van der Waals surface area contributed by atoms with Crippen LogP contribution in [-0.4, -0.2) is 71.4 Å². The van der Waals surface area contributed by atoms with Crippen molar-refractivity contribution in [2.45, 2.75) is 89.1 Å². The second-order valence-electron chi connectivity index (χ2n) is 16.3. The van der Waals surface area contributed by atoms with E-state index in [1.54, 1.807) is 64.8 Å². The Morgan fingerprint density at radius 3 is 1.47 bits per heavy atom. The molecule has 2 aromatic heterocycles. The number of nitrogens with one attached hydrogen (secondary N) is 2. The van der Waals surface area contributed by atoms with Gasteiger partial charge in [-0.1, -0.05) is 25.0 Å². The van der Waals surface area contributed by atoms with Gasteiger partial charge in [0.2, 0.25) is 0 Å². The van der Waals surface area contributed by atoms with E-state index in [2.05, 4.69) is 84.1 Å². The third-order valence-electron chi connectivity index (χ3n) is 12.1. The molecule has 8 rings (SSSR count). The van der Waals surface area contributed by atoms with Gasteiger partial charge in [-0.25, -0.2) is 9.97 Å². The molecule has 2 N–H and O–H groups in total. The van der Waals surface area contributed by atoms with Crippen LogP contribution in [0.25, 0.3) is 22.1 Å². The second-order valence-corrected chi connectivity index (χ2v) is 16.3. The fourth-order valence-corrected chi connectivity index (χ4v) is 8.90. The highest BCUT2D eigenvalue weighted by molar-refractivity contribution is 5.96. The molecule has 12 heteroatoms. The van der Waals surface area contributed by atoms with Crippen LogP contribution in [0.3, 0.4) is 0 Å². The van der Waals surface area contributed by atoms with E-state index in [4.69, 9.17) is 28.9 Å². The topological polar surface area (TPSA) is 131 Å². The summed E-state index contributed by atoms with van der Waals surface area (Å²) in [5.41, 5.74) is 7.95. The van der Waals surface area contributed by atoms with Gasteiger partial charge in [0.1, 0.15) is 34.6 Å². The van der Waals surface area contributed by atoms with Crippen molar-refractivity contribution in [2.24, 2.45) is 14.1 Å². The molecule has 6 aromatic rings. The first kappa shape index (κ1) is 42.1. The second kappa shape index (κ2) is 18.5. The summed E-state index contributed by atoms with van der Waals surface area (Å²) in [7, 11) is 10.5. The Balaban J connectivity index is 0.000000181. The summed E-state index contributed by atoms with van der Waals surface area (Å²) < 4.78 is 25.6. The molecular weight excluding hydrogens is 757 g/mol. The number of nitrogens with zero attached hydrogens (tertiary/aromatic N) is 4. The molecule has 2 amide bonds. The summed E-state index contributed by atoms with van der Waals surface area (Å²) in [6.07, 6.45) is 8.06. The van der Waals surface area contributed by atoms with Gasteiger partial charge in [0.15, 0.2) is 0 Å². The van der Waals surface area contributed by atoms with Crippen LogP contribution in [-0.2, 0) is 14.1 Å². The summed E-state index contributed by atoms with van der Waals surface area (Å²) >= 11 is 0. The lowest BCUT2D eigenvalue weighted by Gasteiger charge is -2.29. The number of methoxy groups -OCH3 is 4. The zero-order valence-electron chi connectivity index (χ0n) is 36.1. The number of carbonyl (C=O) groups is 2. The minimum Gasteiger partial charge on any atom is -0.497 e. The molecule has 4 unspecified atom stereocenters. The van der Waals surface area contributed by atoms with Crippen molar-refractivity contribution in [3.8, 4) is 23.0 Å². The molecule has 2 aliphatic rings. The van der Waals surface area contributed by atoms with Gasteiger partial charge in [-0.05, 0) is 112 Å². The van der Waals surface area contributed by atoms with Crippen LogP contribution in [0.15, 0.2) is 72.8 Å². The maximum Gasteiger partial charge on any atom is 0.251 e. The molecule has 2 fully saturated rings. The van der Waals surface area contributed by atoms with Crippen molar-refractivity contribution in [1.29, 1.82) is 0 Å². The van der Waals surface area contributed by atoms with Gasteiger partial charge < -0.3 is 38.7 Å². The molecule has 0 spiro atoms. The third-order valence-corrected chi connectivity index (χ3v) is 12.1. The first-order chi connectivity index (χ1) is 29.0. The molecule has 0 bridgehead atoms. The summed E-state index contributed by atoms with van der Waals surface area (Å²) in [5.74, 6) is 5.12. The van der Waals surface area contributed by atoms with Gasteiger partial charge in [-0.2, -0.15) is 0 Å². The predicted molar refractivity (Wildman–Crippen MR) is 235 cm³/mol. The van der Waals surface area contributed by atoms with Crippen molar-refractivity contribution in [1.82, 2.24) is 29.7 Å². The zero-order valence-corrected chi connectivity index (χ0v) is 36.1. The highest BCUT2D eigenvalue weighted by Crippen LogP contribution is 2.36. The molecule has 4 atom stereocenters. The fourth-order valence-electron chi connectivity index (χ4n) is 8.90. The van der Waals surface area contributed by atoms with E-state index in [0.717, 1.165) is 79.6 Å². The zero-order chi connectivity index (χ0) is 42.5. The number of fused-ring (bicyclic) bond motifs is 2. The summed E-state index contributed by atoms with van der Waals surface area (Å²) in [6, 6.07) is 23.5. The van der Waals surface area contributed by atoms with Crippen molar-refractivity contribution in [3.63, 3.8) is 0 Å². The van der Waals surface area contributed by atoms with Gasteiger partial charge in [0.05, 0.1) is 50.5 Å². The van der Waals surface area contributed by atoms with E-state index < -0.39 is 0 Å². The summed E-state index contributed by atoms with van der Waals surface area (Å²) in [4.78, 5) is 35.6. The number of rotatable bonds is 10. The minimum atomic E-state index is -0.0986. The van der Waals surface area contributed by atoms with Crippen LogP contribution >= 0.6 is 0 Å².